The van der Waals surface area contributed by atoms with Crippen molar-refractivity contribution in [2.45, 2.75) is 13.3 Å². The first-order chi connectivity index (χ1) is 8.15. The summed E-state index contributed by atoms with van der Waals surface area (Å²) >= 11 is 1.60. The van der Waals surface area contributed by atoms with Crippen LogP contribution in [0.4, 0.5) is 5.13 Å². The molecule has 1 saturated heterocycles. The van der Waals surface area contributed by atoms with E-state index in [2.05, 4.69) is 20.0 Å². The Morgan fingerprint density at radius 1 is 1.35 bits per heavy atom. The van der Waals surface area contributed by atoms with Gasteiger partial charge >= 0.3 is 5.97 Å². The number of piperazine rings is 1. The van der Waals surface area contributed by atoms with E-state index in [0.717, 1.165) is 36.3 Å². The smallest absolute Gasteiger partial charge is 0.304 e. The highest BCUT2D eigenvalue weighted by Crippen LogP contribution is 2.20. The topological polar surface area (TPSA) is 69.6 Å². The molecule has 0 unspecified atom stereocenters. The van der Waals surface area contributed by atoms with Gasteiger partial charge < -0.3 is 10.0 Å². The molecule has 2 heterocycles. The Labute approximate surface area is 104 Å². The molecule has 0 radical (unpaired) electrons. The first kappa shape index (κ1) is 12.3. The van der Waals surface area contributed by atoms with Crippen LogP contribution >= 0.6 is 11.3 Å². The van der Waals surface area contributed by atoms with Gasteiger partial charge in [0, 0.05) is 32.7 Å². The van der Waals surface area contributed by atoms with E-state index >= 15 is 0 Å². The van der Waals surface area contributed by atoms with E-state index in [1.165, 1.54) is 0 Å². The first-order valence-electron chi connectivity index (χ1n) is 5.64. The van der Waals surface area contributed by atoms with E-state index in [4.69, 9.17) is 5.11 Å². The second-order valence-corrected chi connectivity index (χ2v) is 5.24. The number of hydrogen-bond donors (Lipinski definition) is 1. The number of aromatic nitrogens is 2. The van der Waals surface area contributed by atoms with Gasteiger partial charge in [0.15, 0.2) is 0 Å². The lowest BCUT2D eigenvalue weighted by Gasteiger charge is -2.33. The van der Waals surface area contributed by atoms with Gasteiger partial charge in [0.1, 0.15) is 5.01 Å². The number of carboxylic acids is 1. The molecule has 0 spiro atoms. The second-order valence-electron chi connectivity index (χ2n) is 4.08. The van der Waals surface area contributed by atoms with Gasteiger partial charge in [-0.05, 0) is 6.92 Å². The quantitative estimate of drug-likeness (QED) is 0.843. The molecule has 0 saturated carbocycles. The highest BCUT2D eigenvalue weighted by atomic mass is 32.1. The van der Waals surface area contributed by atoms with Gasteiger partial charge in [0.05, 0.1) is 6.42 Å². The van der Waals surface area contributed by atoms with Crippen LogP contribution in [0.3, 0.4) is 0 Å². The van der Waals surface area contributed by atoms with Crippen molar-refractivity contribution in [1.82, 2.24) is 15.1 Å². The van der Waals surface area contributed by atoms with E-state index < -0.39 is 5.97 Å². The summed E-state index contributed by atoms with van der Waals surface area (Å²) in [5.74, 6) is -0.729. The van der Waals surface area contributed by atoms with Gasteiger partial charge in [0.2, 0.25) is 5.13 Å². The summed E-state index contributed by atoms with van der Waals surface area (Å²) in [7, 11) is 0. The first-order valence-corrected chi connectivity index (χ1v) is 6.46. The number of anilines is 1. The van der Waals surface area contributed by atoms with Crippen molar-refractivity contribution in [3.63, 3.8) is 0 Å². The van der Waals surface area contributed by atoms with Gasteiger partial charge in [-0.2, -0.15) is 0 Å². The molecule has 1 aromatic rings. The van der Waals surface area contributed by atoms with Crippen molar-refractivity contribution in [1.29, 1.82) is 0 Å². The third kappa shape index (κ3) is 3.37. The normalized spacial score (nSPS) is 17.4. The molecule has 1 aliphatic rings. The third-order valence-corrected chi connectivity index (χ3v) is 3.70. The van der Waals surface area contributed by atoms with Crippen LogP contribution in [-0.2, 0) is 4.79 Å². The Morgan fingerprint density at radius 3 is 2.59 bits per heavy atom. The molecular formula is C10H16N4O2S. The third-order valence-electron chi connectivity index (χ3n) is 2.80. The van der Waals surface area contributed by atoms with Gasteiger partial charge in [-0.25, -0.2) is 0 Å². The van der Waals surface area contributed by atoms with Crippen molar-refractivity contribution < 1.29 is 9.90 Å². The Kier molecular flexibility index (Phi) is 3.90. The number of carbonyl (C=O) groups is 1. The number of aliphatic carboxylic acids is 1. The summed E-state index contributed by atoms with van der Waals surface area (Å²) in [4.78, 5) is 14.9. The van der Waals surface area contributed by atoms with Crippen LogP contribution in [0.2, 0.25) is 0 Å². The monoisotopic (exact) mass is 256 g/mol. The molecule has 2 rings (SSSR count). The lowest BCUT2D eigenvalue weighted by atomic mass is 10.3. The minimum Gasteiger partial charge on any atom is -0.481 e. The minimum atomic E-state index is -0.729. The van der Waals surface area contributed by atoms with Crippen LogP contribution in [0.5, 0.6) is 0 Å². The minimum absolute atomic E-state index is 0.220. The molecule has 17 heavy (non-hydrogen) atoms. The molecule has 94 valence electrons. The molecule has 0 aromatic carbocycles. The second kappa shape index (κ2) is 5.42. The van der Waals surface area contributed by atoms with Crippen molar-refractivity contribution in [3.8, 4) is 0 Å². The predicted octanol–water partition coefficient (Wildman–Crippen LogP) is 0.443. The number of rotatable bonds is 4. The zero-order valence-corrected chi connectivity index (χ0v) is 10.6. The van der Waals surface area contributed by atoms with Gasteiger partial charge in [-0.1, -0.05) is 11.3 Å². The van der Waals surface area contributed by atoms with E-state index in [9.17, 15) is 4.79 Å². The van der Waals surface area contributed by atoms with Crippen LogP contribution in [-0.4, -0.2) is 58.9 Å². The Balaban J connectivity index is 1.80. The van der Waals surface area contributed by atoms with Gasteiger partial charge in [-0.15, -0.1) is 10.2 Å². The number of hydrogen-bond acceptors (Lipinski definition) is 6. The molecule has 1 fully saturated rings. The van der Waals surface area contributed by atoms with Crippen LogP contribution in [0.25, 0.3) is 0 Å². The number of aryl methyl sites for hydroxylation is 1. The molecular weight excluding hydrogens is 240 g/mol. The maximum atomic E-state index is 10.5. The Hall–Kier alpha value is -1.21. The summed E-state index contributed by atoms with van der Waals surface area (Å²) in [6.45, 7) is 6.17. The summed E-state index contributed by atoms with van der Waals surface area (Å²) < 4.78 is 0. The fraction of sp³-hybridized carbons (Fsp3) is 0.700. The maximum absolute atomic E-state index is 10.5. The van der Waals surface area contributed by atoms with Crippen LogP contribution < -0.4 is 4.90 Å². The molecule has 0 aliphatic carbocycles. The standard InChI is InChI=1S/C10H16N4O2S/c1-8-11-12-10(17-8)14-6-4-13(5-7-14)3-2-9(15)16/h2-7H2,1H3,(H,15,16). The van der Waals surface area contributed by atoms with Crippen molar-refractivity contribution >= 4 is 22.4 Å². The summed E-state index contributed by atoms with van der Waals surface area (Å²) in [6, 6.07) is 0. The van der Waals surface area contributed by atoms with Gasteiger partial charge in [-0.3, -0.25) is 9.69 Å². The SMILES string of the molecule is Cc1nnc(N2CCN(CCC(=O)O)CC2)s1. The van der Waals surface area contributed by atoms with Crippen molar-refractivity contribution in [3.05, 3.63) is 5.01 Å². The van der Waals surface area contributed by atoms with Crippen molar-refractivity contribution in [2.75, 3.05) is 37.6 Å². The lowest BCUT2D eigenvalue weighted by molar-refractivity contribution is -0.137. The highest BCUT2D eigenvalue weighted by molar-refractivity contribution is 7.15. The largest absolute Gasteiger partial charge is 0.481 e. The van der Waals surface area contributed by atoms with E-state index in [1.807, 2.05) is 6.92 Å². The Morgan fingerprint density at radius 2 is 2.06 bits per heavy atom. The van der Waals surface area contributed by atoms with E-state index in [-0.39, 0.29) is 6.42 Å². The summed E-state index contributed by atoms with van der Waals surface area (Å²) in [5.41, 5.74) is 0. The lowest BCUT2D eigenvalue weighted by Crippen LogP contribution is -2.46. The average Bonchev–Trinajstić information content (AvgIpc) is 2.74. The molecule has 1 N–H and O–H groups in total. The molecule has 1 aliphatic heterocycles. The summed E-state index contributed by atoms with van der Waals surface area (Å²) in [6.07, 6.45) is 0.220. The van der Waals surface area contributed by atoms with Crippen molar-refractivity contribution in [2.24, 2.45) is 0 Å². The zero-order valence-electron chi connectivity index (χ0n) is 9.80. The molecule has 0 bridgehead atoms. The average molecular weight is 256 g/mol. The number of nitrogens with zero attached hydrogens (tertiary/aromatic N) is 4. The predicted molar refractivity (Wildman–Crippen MR) is 65.6 cm³/mol. The van der Waals surface area contributed by atoms with Crippen LogP contribution in [0.15, 0.2) is 0 Å². The molecule has 1 aromatic heterocycles. The number of carboxylic acid groups (broad SMARTS) is 1. The molecule has 0 amide bonds. The fourth-order valence-corrected chi connectivity index (χ4v) is 2.57. The summed E-state index contributed by atoms with van der Waals surface area (Å²) in [5, 5.41) is 18.7. The van der Waals surface area contributed by atoms with E-state index in [1.54, 1.807) is 11.3 Å². The van der Waals surface area contributed by atoms with Gasteiger partial charge in [0.25, 0.3) is 0 Å². The molecule has 6 nitrogen and oxygen atoms in total. The molecule has 7 heteroatoms. The maximum Gasteiger partial charge on any atom is 0.304 e. The molecule has 0 atom stereocenters. The highest BCUT2D eigenvalue weighted by Gasteiger charge is 2.19. The zero-order chi connectivity index (χ0) is 12.3. The fourth-order valence-electron chi connectivity index (χ4n) is 1.83. The van der Waals surface area contributed by atoms with Crippen LogP contribution in [0.1, 0.15) is 11.4 Å². The Bertz CT molecular complexity index is 387. The van der Waals surface area contributed by atoms with Crippen LogP contribution in [0, 0.1) is 6.92 Å². The van der Waals surface area contributed by atoms with E-state index in [0.29, 0.717) is 6.54 Å².